The molecule has 162 valence electrons. The van der Waals surface area contributed by atoms with Crippen LogP contribution in [0, 0.1) is 11.8 Å². The maximum absolute atomic E-state index is 13.2. The highest BCUT2D eigenvalue weighted by Crippen LogP contribution is 2.29. The number of amides is 3. The van der Waals surface area contributed by atoms with Gasteiger partial charge >= 0.3 is 0 Å². The quantitative estimate of drug-likeness (QED) is 0.681. The summed E-state index contributed by atoms with van der Waals surface area (Å²) in [6.45, 7) is 3.80. The highest BCUT2D eigenvalue weighted by Gasteiger charge is 2.38. The minimum Gasteiger partial charge on any atom is -0.342 e. The Morgan fingerprint density at radius 2 is 1.24 bits per heavy atom. The van der Waals surface area contributed by atoms with Crippen LogP contribution in [-0.4, -0.2) is 71.2 Å². The van der Waals surface area contributed by atoms with Crippen LogP contribution in [0.15, 0.2) is 0 Å². The van der Waals surface area contributed by atoms with Crippen LogP contribution >= 0.6 is 0 Å². The summed E-state index contributed by atoms with van der Waals surface area (Å²) in [6, 6.07) is 0.337. The lowest BCUT2D eigenvalue weighted by atomic mass is 9.90. The van der Waals surface area contributed by atoms with E-state index in [0.717, 1.165) is 51.6 Å². The molecule has 29 heavy (non-hydrogen) atoms. The predicted octanol–water partition coefficient (Wildman–Crippen LogP) is 2.81. The molecule has 3 heterocycles. The molecule has 0 aromatic carbocycles. The number of nitrogens with zero attached hydrogens (tertiary/aromatic N) is 3. The smallest absolute Gasteiger partial charge is 0.227 e. The molecule has 0 aromatic heterocycles. The van der Waals surface area contributed by atoms with E-state index in [4.69, 9.17) is 0 Å². The molecule has 1 atom stereocenters. The fourth-order valence-corrected chi connectivity index (χ4v) is 5.80. The predicted molar refractivity (Wildman–Crippen MR) is 111 cm³/mol. The topological polar surface area (TPSA) is 60.9 Å². The minimum atomic E-state index is -0.0539. The highest BCUT2D eigenvalue weighted by atomic mass is 16.2. The molecule has 0 aromatic rings. The lowest BCUT2D eigenvalue weighted by molar-refractivity contribution is -0.147. The molecule has 4 fully saturated rings. The first-order valence-corrected chi connectivity index (χ1v) is 12.0. The monoisotopic (exact) mass is 403 g/mol. The summed E-state index contributed by atoms with van der Waals surface area (Å²) in [5, 5.41) is 0. The normalized spacial score (nSPS) is 27.9. The third kappa shape index (κ3) is 4.77. The van der Waals surface area contributed by atoms with Gasteiger partial charge in [-0.1, -0.05) is 25.7 Å². The van der Waals surface area contributed by atoms with Gasteiger partial charge in [0, 0.05) is 51.1 Å². The van der Waals surface area contributed by atoms with E-state index >= 15 is 0 Å². The number of hydrogen-bond donors (Lipinski definition) is 0. The summed E-state index contributed by atoms with van der Waals surface area (Å²) in [6.07, 6.45) is 12.2. The molecule has 1 aliphatic carbocycles. The van der Waals surface area contributed by atoms with Crippen LogP contribution in [0.5, 0.6) is 0 Å². The van der Waals surface area contributed by atoms with Gasteiger partial charge in [-0.2, -0.15) is 0 Å². The second-order valence-electron chi connectivity index (χ2n) is 9.56. The molecule has 0 radical (unpaired) electrons. The SMILES string of the molecule is O=C(C1CCN(C(=O)C2CCC(=O)N(C3CCCCCC3)C2)CC1)N1CCCC1. The van der Waals surface area contributed by atoms with Crippen LogP contribution in [0.3, 0.4) is 0 Å². The molecule has 6 nitrogen and oxygen atoms in total. The van der Waals surface area contributed by atoms with Gasteiger partial charge in [0.2, 0.25) is 17.7 Å². The lowest BCUT2D eigenvalue weighted by Crippen LogP contribution is -2.52. The number of carbonyl (C=O) groups is 3. The average molecular weight is 404 g/mol. The first-order valence-electron chi connectivity index (χ1n) is 12.0. The van der Waals surface area contributed by atoms with E-state index in [-0.39, 0.29) is 23.7 Å². The fourth-order valence-electron chi connectivity index (χ4n) is 5.80. The molecular weight excluding hydrogens is 366 g/mol. The zero-order valence-electron chi connectivity index (χ0n) is 17.8. The molecule has 0 N–H and O–H groups in total. The van der Waals surface area contributed by atoms with E-state index in [9.17, 15) is 14.4 Å². The Balaban J connectivity index is 1.30. The number of carbonyl (C=O) groups excluding carboxylic acids is 3. The van der Waals surface area contributed by atoms with Crippen molar-refractivity contribution in [1.29, 1.82) is 0 Å². The molecule has 4 aliphatic rings. The zero-order valence-corrected chi connectivity index (χ0v) is 17.8. The van der Waals surface area contributed by atoms with Crippen molar-refractivity contribution in [3.63, 3.8) is 0 Å². The average Bonchev–Trinajstić information content (AvgIpc) is 3.16. The van der Waals surface area contributed by atoms with E-state index in [1.165, 1.54) is 25.7 Å². The van der Waals surface area contributed by atoms with Gasteiger partial charge in [-0.15, -0.1) is 0 Å². The third-order valence-corrected chi connectivity index (χ3v) is 7.63. The number of likely N-dealkylation sites (tertiary alicyclic amines) is 3. The summed E-state index contributed by atoms with van der Waals surface area (Å²) in [5.74, 6) is 0.797. The van der Waals surface area contributed by atoms with Gasteiger partial charge in [-0.3, -0.25) is 14.4 Å². The molecule has 3 aliphatic heterocycles. The Labute approximate surface area is 175 Å². The maximum Gasteiger partial charge on any atom is 0.227 e. The second kappa shape index (κ2) is 9.48. The van der Waals surface area contributed by atoms with Gasteiger partial charge < -0.3 is 14.7 Å². The number of rotatable bonds is 3. The van der Waals surface area contributed by atoms with Crippen molar-refractivity contribution in [1.82, 2.24) is 14.7 Å². The summed E-state index contributed by atoms with van der Waals surface area (Å²) < 4.78 is 0. The summed E-state index contributed by atoms with van der Waals surface area (Å²) in [4.78, 5) is 44.4. The van der Waals surface area contributed by atoms with Gasteiger partial charge in [0.05, 0.1) is 5.92 Å². The first-order chi connectivity index (χ1) is 14.1. The van der Waals surface area contributed by atoms with Crippen LogP contribution in [0.2, 0.25) is 0 Å². The van der Waals surface area contributed by atoms with Crippen molar-refractivity contribution in [2.45, 2.75) is 83.1 Å². The molecule has 6 heteroatoms. The molecule has 1 saturated carbocycles. The molecule has 1 unspecified atom stereocenters. The number of piperidine rings is 2. The molecular formula is C23H37N3O3. The van der Waals surface area contributed by atoms with Gasteiger partial charge in [0.25, 0.3) is 0 Å². The van der Waals surface area contributed by atoms with Crippen LogP contribution < -0.4 is 0 Å². The Bertz CT molecular complexity index is 600. The third-order valence-electron chi connectivity index (χ3n) is 7.63. The fraction of sp³-hybridized carbons (Fsp3) is 0.870. The van der Waals surface area contributed by atoms with E-state index in [2.05, 4.69) is 0 Å². The molecule has 0 bridgehead atoms. The van der Waals surface area contributed by atoms with Crippen molar-refractivity contribution < 1.29 is 14.4 Å². The lowest BCUT2D eigenvalue weighted by Gasteiger charge is -2.40. The molecule has 3 saturated heterocycles. The van der Waals surface area contributed by atoms with Crippen molar-refractivity contribution in [2.24, 2.45) is 11.8 Å². The molecule has 0 spiro atoms. The highest BCUT2D eigenvalue weighted by molar-refractivity contribution is 5.84. The van der Waals surface area contributed by atoms with Crippen LogP contribution in [0.1, 0.15) is 77.0 Å². The van der Waals surface area contributed by atoms with Crippen LogP contribution in [0.25, 0.3) is 0 Å². The first kappa shape index (κ1) is 20.7. The van der Waals surface area contributed by atoms with Crippen molar-refractivity contribution in [3.8, 4) is 0 Å². The van der Waals surface area contributed by atoms with Crippen molar-refractivity contribution >= 4 is 17.7 Å². The van der Waals surface area contributed by atoms with Crippen LogP contribution in [0.4, 0.5) is 0 Å². The van der Waals surface area contributed by atoms with Gasteiger partial charge in [0.1, 0.15) is 0 Å². The Morgan fingerprint density at radius 1 is 0.655 bits per heavy atom. The van der Waals surface area contributed by atoms with E-state index in [1.807, 2.05) is 14.7 Å². The molecule has 3 amide bonds. The van der Waals surface area contributed by atoms with Gasteiger partial charge in [0.15, 0.2) is 0 Å². The Morgan fingerprint density at radius 3 is 1.90 bits per heavy atom. The standard InChI is InChI=1S/C23H37N3O3/c27-21-10-9-19(17-26(21)20-7-3-1-2-4-8-20)23(29)25-15-11-18(12-16-25)22(28)24-13-5-6-14-24/h18-20H,1-17H2. The Kier molecular flexibility index (Phi) is 6.76. The minimum absolute atomic E-state index is 0.0539. The van der Waals surface area contributed by atoms with Gasteiger partial charge in [-0.25, -0.2) is 0 Å². The van der Waals surface area contributed by atoms with E-state index in [0.29, 0.717) is 44.4 Å². The summed E-state index contributed by atoms with van der Waals surface area (Å²) >= 11 is 0. The van der Waals surface area contributed by atoms with Gasteiger partial charge in [-0.05, 0) is 44.9 Å². The zero-order chi connectivity index (χ0) is 20.2. The largest absolute Gasteiger partial charge is 0.342 e. The van der Waals surface area contributed by atoms with Crippen molar-refractivity contribution in [3.05, 3.63) is 0 Å². The molecule has 4 rings (SSSR count). The van der Waals surface area contributed by atoms with Crippen molar-refractivity contribution in [2.75, 3.05) is 32.7 Å². The van der Waals surface area contributed by atoms with Crippen LogP contribution in [-0.2, 0) is 14.4 Å². The summed E-state index contributed by atoms with van der Waals surface area (Å²) in [7, 11) is 0. The van der Waals surface area contributed by atoms with E-state index in [1.54, 1.807) is 0 Å². The summed E-state index contributed by atoms with van der Waals surface area (Å²) in [5.41, 5.74) is 0. The maximum atomic E-state index is 13.2. The second-order valence-corrected chi connectivity index (χ2v) is 9.56. The Hall–Kier alpha value is -1.59. The number of hydrogen-bond acceptors (Lipinski definition) is 3. The van der Waals surface area contributed by atoms with E-state index < -0.39 is 0 Å².